The van der Waals surface area contributed by atoms with Crippen LogP contribution in [-0.4, -0.2) is 23.8 Å². The number of hydrogen-bond donors (Lipinski definition) is 5. The highest BCUT2D eigenvalue weighted by Gasteiger charge is 2.26. The predicted octanol–water partition coefficient (Wildman–Crippen LogP) is 5.15. The first kappa shape index (κ1) is 26.0. The van der Waals surface area contributed by atoms with Crippen molar-refractivity contribution in [3.8, 4) is 0 Å². The summed E-state index contributed by atoms with van der Waals surface area (Å²) < 4.78 is 0. The smallest absolute Gasteiger partial charge is 0.133 e. The molecule has 0 spiro atoms. The van der Waals surface area contributed by atoms with Crippen LogP contribution in [0.3, 0.4) is 0 Å². The van der Waals surface area contributed by atoms with Crippen LogP contribution in [0.4, 0.5) is 0 Å². The van der Waals surface area contributed by atoms with E-state index >= 15 is 0 Å². The van der Waals surface area contributed by atoms with Gasteiger partial charge in [0.05, 0.1) is 0 Å². The van der Waals surface area contributed by atoms with Crippen LogP contribution in [0.25, 0.3) is 0 Å². The van der Waals surface area contributed by atoms with E-state index in [2.05, 4.69) is 132 Å². The summed E-state index contributed by atoms with van der Waals surface area (Å²) in [6.07, 6.45) is 4.16. The largest absolute Gasteiger partial charge is 0.370 e. The van der Waals surface area contributed by atoms with E-state index in [1.165, 1.54) is 11.3 Å². The number of rotatable bonds is 5. The lowest BCUT2D eigenvalue weighted by atomic mass is 10.0. The van der Waals surface area contributed by atoms with Crippen LogP contribution in [0.2, 0.25) is 0 Å². The quantitative estimate of drug-likeness (QED) is 0.315. The highest BCUT2D eigenvalue weighted by atomic mass is 15.3. The molecule has 0 fully saturated rings. The van der Waals surface area contributed by atoms with E-state index in [1.807, 2.05) is 13.0 Å². The number of aliphatic imine (C=N–C) groups is 2. The SMILES string of the molecule is CC1=CC(C)NC(c2ccc(C3=NC(c4ccccc4)NC(c4ccc(C5NC(C)=CC(C)N5)cc4)N3)cc2)=N1. The minimum absolute atomic E-state index is 0.0968. The third-order valence-corrected chi connectivity index (χ3v) is 7.46. The molecule has 0 bridgehead atoms. The molecule has 40 heavy (non-hydrogen) atoms. The number of benzene rings is 3. The summed E-state index contributed by atoms with van der Waals surface area (Å²) >= 11 is 0. The Morgan fingerprint density at radius 2 is 1.20 bits per heavy atom. The molecule has 3 aromatic carbocycles. The molecule has 3 aromatic rings. The van der Waals surface area contributed by atoms with Gasteiger partial charge in [0.2, 0.25) is 0 Å². The average Bonchev–Trinajstić information content (AvgIpc) is 2.96. The average molecular weight is 532 g/mol. The lowest BCUT2D eigenvalue weighted by Gasteiger charge is -2.33. The fourth-order valence-corrected chi connectivity index (χ4v) is 5.55. The predicted molar refractivity (Wildman–Crippen MR) is 163 cm³/mol. The van der Waals surface area contributed by atoms with Gasteiger partial charge in [0.15, 0.2) is 0 Å². The van der Waals surface area contributed by atoms with E-state index in [4.69, 9.17) is 9.98 Å². The molecule has 3 aliphatic heterocycles. The number of hydrogen-bond acceptors (Lipinski definition) is 7. The maximum atomic E-state index is 5.09. The number of nitrogens with zero attached hydrogens (tertiary/aromatic N) is 2. The van der Waals surface area contributed by atoms with Crippen LogP contribution in [0.5, 0.6) is 0 Å². The van der Waals surface area contributed by atoms with Crippen LogP contribution >= 0.6 is 0 Å². The van der Waals surface area contributed by atoms with Crippen molar-refractivity contribution >= 4 is 11.7 Å². The van der Waals surface area contributed by atoms with Crippen molar-refractivity contribution in [2.24, 2.45) is 9.98 Å². The number of allylic oxidation sites excluding steroid dienone is 2. The Labute approximate surface area is 236 Å². The molecule has 3 aliphatic rings. The van der Waals surface area contributed by atoms with E-state index in [0.29, 0.717) is 6.04 Å². The van der Waals surface area contributed by atoms with Crippen LogP contribution < -0.4 is 26.6 Å². The summed E-state index contributed by atoms with van der Waals surface area (Å²) in [4.78, 5) is 9.78. The third kappa shape index (κ3) is 5.71. The molecule has 6 rings (SSSR count). The van der Waals surface area contributed by atoms with Gasteiger partial charge in [-0.3, -0.25) is 10.6 Å². The molecule has 0 saturated heterocycles. The monoisotopic (exact) mass is 531 g/mol. The second-order valence-corrected chi connectivity index (χ2v) is 10.9. The molecule has 0 amide bonds. The lowest BCUT2D eigenvalue weighted by Crippen LogP contribution is -2.45. The zero-order chi connectivity index (χ0) is 27.6. The van der Waals surface area contributed by atoms with E-state index in [9.17, 15) is 0 Å². The molecular weight excluding hydrogens is 494 g/mol. The number of nitrogens with one attached hydrogen (secondary N) is 5. The topological polar surface area (TPSA) is 84.9 Å². The maximum absolute atomic E-state index is 5.09. The van der Waals surface area contributed by atoms with Gasteiger partial charge >= 0.3 is 0 Å². The molecule has 0 aliphatic carbocycles. The van der Waals surface area contributed by atoms with Crippen molar-refractivity contribution < 1.29 is 0 Å². The van der Waals surface area contributed by atoms with Gasteiger partial charge in [0.1, 0.15) is 30.2 Å². The van der Waals surface area contributed by atoms with E-state index < -0.39 is 0 Å². The molecule has 5 unspecified atom stereocenters. The molecule has 0 radical (unpaired) electrons. The Morgan fingerprint density at radius 3 is 1.82 bits per heavy atom. The van der Waals surface area contributed by atoms with E-state index in [-0.39, 0.29) is 24.5 Å². The van der Waals surface area contributed by atoms with Gasteiger partial charge in [-0.05, 0) is 56.5 Å². The van der Waals surface area contributed by atoms with Crippen LogP contribution in [-0.2, 0) is 0 Å². The minimum Gasteiger partial charge on any atom is -0.370 e. The van der Waals surface area contributed by atoms with Gasteiger partial charge in [-0.15, -0.1) is 0 Å². The first-order valence-electron chi connectivity index (χ1n) is 14.0. The zero-order valence-electron chi connectivity index (χ0n) is 23.4. The van der Waals surface area contributed by atoms with Gasteiger partial charge in [-0.25, -0.2) is 9.98 Å². The van der Waals surface area contributed by atoms with Gasteiger partial charge in [-0.2, -0.15) is 0 Å². The van der Waals surface area contributed by atoms with Crippen molar-refractivity contribution in [2.75, 3.05) is 0 Å². The molecule has 5 N–H and O–H groups in total. The normalized spacial score (nSPS) is 26.2. The van der Waals surface area contributed by atoms with Crippen molar-refractivity contribution in [3.63, 3.8) is 0 Å². The summed E-state index contributed by atoms with van der Waals surface area (Å²) in [5.41, 5.74) is 7.82. The summed E-state index contributed by atoms with van der Waals surface area (Å²) in [6, 6.07) is 28.2. The van der Waals surface area contributed by atoms with Crippen LogP contribution in [0.15, 0.2) is 112 Å². The van der Waals surface area contributed by atoms with Crippen LogP contribution in [0.1, 0.15) is 74.0 Å². The Bertz CT molecular complexity index is 1470. The Balaban J connectivity index is 1.26. The van der Waals surface area contributed by atoms with Crippen molar-refractivity contribution in [2.45, 2.75) is 58.3 Å². The molecule has 7 heteroatoms. The third-order valence-electron chi connectivity index (χ3n) is 7.46. The fraction of sp³-hybridized carbons (Fsp3) is 0.273. The summed E-state index contributed by atoms with van der Waals surface area (Å²) in [6.45, 7) is 8.47. The Morgan fingerprint density at radius 1 is 0.575 bits per heavy atom. The minimum atomic E-state index is -0.171. The highest BCUT2D eigenvalue weighted by Crippen LogP contribution is 2.26. The standard InChI is InChI=1S/C33H37N7/c1-20-18-21(2)35-29(34-20)25-10-14-27(15-11-25)32-38-31(24-8-6-5-7-9-24)39-33(40-32)28-16-12-26(13-17-28)30-36-22(3)19-23(4)37-30/h5-20,22,29,31-32,34-35,38H,1-4H3,(H,36,37)(H,39,40). The van der Waals surface area contributed by atoms with Crippen molar-refractivity contribution in [1.82, 2.24) is 26.6 Å². The maximum Gasteiger partial charge on any atom is 0.133 e. The lowest BCUT2D eigenvalue weighted by molar-refractivity contribution is 0.407. The first-order valence-corrected chi connectivity index (χ1v) is 14.0. The molecule has 0 aromatic heterocycles. The van der Waals surface area contributed by atoms with E-state index in [0.717, 1.165) is 39.6 Å². The Kier molecular flexibility index (Phi) is 7.24. The molecule has 204 valence electrons. The first-order chi connectivity index (χ1) is 19.4. The van der Waals surface area contributed by atoms with Gasteiger partial charge in [-0.1, -0.05) is 78.9 Å². The van der Waals surface area contributed by atoms with Crippen molar-refractivity contribution in [1.29, 1.82) is 0 Å². The molecular formula is C33H37N7. The molecule has 0 saturated carbocycles. The fourth-order valence-electron chi connectivity index (χ4n) is 5.55. The summed E-state index contributed by atoms with van der Waals surface area (Å²) in [5, 5.41) is 17.9. The van der Waals surface area contributed by atoms with Gasteiger partial charge < -0.3 is 16.0 Å². The Hall–Kier alpha value is -4.20. The molecule has 5 atom stereocenters. The summed E-state index contributed by atoms with van der Waals surface area (Å²) in [5.74, 6) is 1.77. The van der Waals surface area contributed by atoms with Crippen LogP contribution in [0, 0.1) is 0 Å². The highest BCUT2D eigenvalue weighted by molar-refractivity contribution is 6.03. The second-order valence-electron chi connectivity index (χ2n) is 10.9. The van der Waals surface area contributed by atoms with Gasteiger partial charge in [0.25, 0.3) is 0 Å². The zero-order valence-corrected chi connectivity index (χ0v) is 23.4. The van der Waals surface area contributed by atoms with Crippen molar-refractivity contribution in [3.05, 3.63) is 130 Å². The van der Waals surface area contributed by atoms with E-state index in [1.54, 1.807) is 0 Å². The second kappa shape index (κ2) is 11.1. The number of amidine groups is 2. The molecule has 7 nitrogen and oxygen atoms in total. The van der Waals surface area contributed by atoms with Gasteiger partial charge in [0, 0.05) is 34.6 Å². The molecule has 3 heterocycles. The summed E-state index contributed by atoms with van der Waals surface area (Å²) in [7, 11) is 0.